The lowest BCUT2D eigenvalue weighted by molar-refractivity contribution is 0.0994. The van der Waals surface area contributed by atoms with Crippen LogP contribution in [0, 0.1) is 11.2 Å². The van der Waals surface area contributed by atoms with Gasteiger partial charge in [-0.3, -0.25) is 4.98 Å². The molecule has 1 aromatic rings. The van der Waals surface area contributed by atoms with E-state index in [1.54, 1.807) is 6.07 Å². The highest BCUT2D eigenvalue weighted by atomic mass is 19.1. The Morgan fingerprint density at radius 1 is 1.38 bits per heavy atom. The number of aliphatic hydroxyl groups excluding tert-OH is 1. The van der Waals surface area contributed by atoms with Crippen LogP contribution in [0.2, 0.25) is 0 Å². The maximum absolute atomic E-state index is 12.8. The van der Waals surface area contributed by atoms with Gasteiger partial charge in [-0.15, -0.1) is 0 Å². The Bertz CT molecular complexity index is 437. The molecule has 1 saturated carbocycles. The van der Waals surface area contributed by atoms with E-state index >= 15 is 0 Å². The van der Waals surface area contributed by atoms with E-state index in [4.69, 9.17) is 0 Å². The van der Waals surface area contributed by atoms with E-state index in [0.29, 0.717) is 23.6 Å². The molecule has 21 heavy (non-hydrogen) atoms. The van der Waals surface area contributed by atoms with Crippen molar-refractivity contribution >= 4 is 0 Å². The van der Waals surface area contributed by atoms with E-state index in [1.165, 1.54) is 31.7 Å². The van der Waals surface area contributed by atoms with Crippen molar-refractivity contribution in [2.24, 2.45) is 5.41 Å². The van der Waals surface area contributed by atoms with Gasteiger partial charge in [-0.1, -0.05) is 13.8 Å². The molecule has 0 radical (unpaired) electrons. The van der Waals surface area contributed by atoms with E-state index in [-0.39, 0.29) is 5.82 Å². The van der Waals surface area contributed by atoms with E-state index in [0.717, 1.165) is 12.7 Å². The second kappa shape index (κ2) is 6.84. The number of halogens is 1. The first-order chi connectivity index (χ1) is 9.87. The fraction of sp³-hybridized carbons (Fsp3) is 0.706. The molecule has 1 aliphatic carbocycles. The van der Waals surface area contributed by atoms with Gasteiger partial charge in [0, 0.05) is 12.6 Å². The molecule has 2 rings (SSSR count). The normalized spacial score (nSPS) is 20.7. The highest BCUT2D eigenvalue weighted by Crippen LogP contribution is 2.36. The molecule has 0 spiro atoms. The van der Waals surface area contributed by atoms with Crippen molar-refractivity contribution in [1.82, 2.24) is 9.88 Å². The van der Waals surface area contributed by atoms with Gasteiger partial charge in [0.05, 0.1) is 18.0 Å². The smallest absolute Gasteiger partial charge is 0.141 e. The van der Waals surface area contributed by atoms with Crippen molar-refractivity contribution in [3.8, 4) is 0 Å². The molecular formula is C17H27FN2O. The number of hydrogen-bond donors (Lipinski definition) is 1. The zero-order valence-corrected chi connectivity index (χ0v) is 13.3. The number of aromatic nitrogens is 1. The first-order valence-corrected chi connectivity index (χ1v) is 7.87. The van der Waals surface area contributed by atoms with E-state index in [2.05, 4.69) is 30.8 Å². The van der Waals surface area contributed by atoms with Gasteiger partial charge in [-0.05, 0) is 56.7 Å². The van der Waals surface area contributed by atoms with Crippen molar-refractivity contribution in [1.29, 1.82) is 0 Å². The standard InChI is InChI=1S/C17H27FN2O/c1-17(2)9-6-14(7-10-17)20(3)11-8-16(21)15-5-4-13(18)12-19-15/h4-5,12,14,16,21H,6-11H2,1-3H3. The summed E-state index contributed by atoms with van der Waals surface area (Å²) in [4.78, 5) is 6.29. The summed E-state index contributed by atoms with van der Waals surface area (Å²) >= 11 is 0. The number of rotatable bonds is 5. The minimum Gasteiger partial charge on any atom is -0.387 e. The maximum Gasteiger partial charge on any atom is 0.141 e. The minimum atomic E-state index is -0.618. The first-order valence-electron chi connectivity index (χ1n) is 7.87. The first kappa shape index (κ1) is 16.4. The quantitative estimate of drug-likeness (QED) is 0.902. The molecule has 1 unspecified atom stereocenters. The van der Waals surface area contributed by atoms with Crippen LogP contribution in [0.3, 0.4) is 0 Å². The van der Waals surface area contributed by atoms with Gasteiger partial charge < -0.3 is 10.0 Å². The molecule has 4 heteroatoms. The van der Waals surface area contributed by atoms with Crippen LogP contribution in [-0.2, 0) is 0 Å². The summed E-state index contributed by atoms with van der Waals surface area (Å²) in [7, 11) is 2.13. The second-order valence-electron chi connectivity index (χ2n) is 7.08. The summed E-state index contributed by atoms with van der Waals surface area (Å²) in [5.74, 6) is -0.368. The van der Waals surface area contributed by atoms with Crippen LogP contribution in [0.15, 0.2) is 18.3 Å². The topological polar surface area (TPSA) is 36.4 Å². The number of pyridine rings is 1. The van der Waals surface area contributed by atoms with Gasteiger partial charge >= 0.3 is 0 Å². The molecule has 118 valence electrons. The van der Waals surface area contributed by atoms with Crippen LogP contribution in [0.1, 0.15) is 57.7 Å². The zero-order valence-electron chi connectivity index (χ0n) is 13.3. The van der Waals surface area contributed by atoms with E-state index in [1.807, 2.05) is 0 Å². The van der Waals surface area contributed by atoms with Crippen molar-refractivity contribution in [3.63, 3.8) is 0 Å². The molecule has 0 bridgehead atoms. The van der Waals surface area contributed by atoms with Crippen LogP contribution in [-0.4, -0.2) is 34.6 Å². The van der Waals surface area contributed by atoms with Gasteiger partial charge in [0.2, 0.25) is 0 Å². The summed E-state index contributed by atoms with van der Waals surface area (Å²) in [6.07, 6.45) is 6.17. The fourth-order valence-corrected chi connectivity index (χ4v) is 3.07. The summed E-state index contributed by atoms with van der Waals surface area (Å²) in [5, 5.41) is 10.1. The lowest BCUT2D eigenvalue weighted by Crippen LogP contribution is -2.38. The highest BCUT2D eigenvalue weighted by Gasteiger charge is 2.28. The molecule has 1 fully saturated rings. The van der Waals surface area contributed by atoms with E-state index in [9.17, 15) is 9.50 Å². The molecule has 3 nitrogen and oxygen atoms in total. The summed E-state index contributed by atoms with van der Waals surface area (Å²) in [6, 6.07) is 3.52. The van der Waals surface area contributed by atoms with Crippen molar-refractivity contribution in [2.75, 3.05) is 13.6 Å². The van der Waals surface area contributed by atoms with Crippen LogP contribution in [0.4, 0.5) is 4.39 Å². The van der Waals surface area contributed by atoms with Crippen LogP contribution >= 0.6 is 0 Å². The maximum atomic E-state index is 12.8. The largest absolute Gasteiger partial charge is 0.387 e. The third-order valence-electron chi connectivity index (χ3n) is 4.78. The molecule has 1 heterocycles. The molecule has 0 aliphatic heterocycles. The Morgan fingerprint density at radius 3 is 2.62 bits per heavy atom. The summed E-state index contributed by atoms with van der Waals surface area (Å²) in [5.41, 5.74) is 1.03. The third-order valence-corrected chi connectivity index (χ3v) is 4.78. The van der Waals surface area contributed by atoms with Crippen LogP contribution in [0.25, 0.3) is 0 Å². The van der Waals surface area contributed by atoms with Gasteiger partial charge in [-0.2, -0.15) is 0 Å². The molecule has 0 aromatic carbocycles. The SMILES string of the molecule is CN(CCC(O)c1ccc(F)cn1)C1CCC(C)(C)CC1. The van der Waals surface area contributed by atoms with Crippen molar-refractivity contribution in [2.45, 2.75) is 58.1 Å². The second-order valence-corrected chi connectivity index (χ2v) is 7.08. The lowest BCUT2D eigenvalue weighted by Gasteiger charge is -2.38. The molecule has 0 amide bonds. The Labute approximate surface area is 127 Å². The average molecular weight is 294 g/mol. The summed E-state index contributed by atoms with van der Waals surface area (Å²) in [6.45, 7) is 5.52. The zero-order chi connectivity index (χ0) is 15.5. The Morgan fingerprint density at radius 2 is 2.05 bits per heavy atom. The fourth-order valence-electron chi connectivity index (χ4n) is 3.07. The molecule has 1 N–H and O–H groups in total. The van der Waals surface area contributed by atoms with Crippen LogP contribution < -0.4 is 0 Å². The highest BCUT2D eigenvalue weighted by molar-refractivity contribution is 5.08. The van der Waals surface area contributed by atoms with Gasteiger partial charge in [0.1, 0.15) is 5.82 Å². The number of hydrogen-bond acceptors (Lipinski definition) is 3. The average Bonchev–Trinajstić information content (AvgIpc) is 2.45. The predicted octanol–water partition coefficient (Wildman–Crippen LogP) is 3.54. The number of aliphatic hydroxyl groups is 1. The van der Waals surface area contributed by atoms with Gasteiger partial charge in [0.15, 0.2) is 0 Å². The van der Waals surface area contributed by atoms with Crippen LogP contribution in [0.5, 0.6) is 0 Å². The van der Waals surface area contributed by atoms with Crippen molar-refractivity contribution < 1.29 is 9.50 Å². The van der Waals surface area contributed by atoms with Gasteiger partial charge in [-0.25, -0.2) is 4.39 Å². The third kappa shape index (κ3) is 4.75. The minimum absolute atomic E-state index is 0.368. The van der Waals surface area contributed by atoms with Crippen molar-refractivity contribution in [3.05, 3.63) is 29.8 Å². The molecule has 0 saturated heterocycles. The van der Waals surface area contributed by atoms with Gasteiger partial charge in [0.25, 0.3) is 0 Å². The Kier molecular flexibility index (Phi) is 5.33. The Balaban J connectivity index is 1.78. The number of nitrogens with zero attached hydrogens (tertiary/aromatic N) is 2. The predicted molar refractivity (Wildman–Crippen MR) is 82.4 cm³/mol. The molecular weight excluding hydrogens is 267 g/mol. The molecule has 1 aliphatic rings. The molecule has 1 atom stereocenters. The molecule has 1 aromatic heterocycles. The van der Waals surface area contributed by atoms with E-state index < -0.39 is 6.10 Å². The lowest BCUT2D eigenvalue weighted by atomic mass is 9.75. The monoisotopic (exact) mass is 294 g/mol. The Hall–Kier alpha value is -1.00. The summed E-state index contributed by atoms with van der Waals surface area (Å²) < 4.78 is 12.8.